The molecule has 1 rings (SSSR count). The number of carbonyl (C=O) groups excluding carboxylic acids is 2. The van der Waals surface area contributed by atoms with E-state index >= 15 is 0 Å². The molecule has 0 aliphatic rings. The fourth-order valence-corrected chi connectivity index (χ4v) is 2.10. The molecule has 0 bridgehead atoms. The molecule has 0 heterocycles. The van der Waals surface area contributed by atoms with Gasteiger partial charge in [-0.1, -0.05) is 13.3 Å². The molecule has 0 spiro atoms. The lowest BCUT2D eigenvalue weighted by Gasteiger charge is -2.13. The lowest BCUT2D eigenvalue weighted by atomic mass is 10.1. The maximum Gasteiger partial charge on any atom is 0.338 e. The molecule has 1 aromatic carbocycles. The van der Waals surface area contributed by atoms with Gasteiger partial charge in [0.2, 0.25) is 5.91 Å². The molecule has 3 N–H and O–H groups in total. The highest BCUT2D eigenvalue weighted by molar-refractivity contribution is 9.10. The molecule has 6 heteroatoms. The zero-order valence-corrected chi connectivity index (χ0v) is 13.2. The van der Waals surface area contributed by atoms with Crippen molar-refractivity contribution in [3.05, 3.63) is 28.2 Å². The molecular weight excluding hydrogens is 324 g/mol. The van der Waals surface area contributed by atoms with Gasteiger partial charge in [0.1, 0.15) is 0 Å². The standard InChI is InChI=1S/C14H19BrN2O3/c1-3-5-11(16)13(18)17-12-7-6-9(8-10(12)15)14(19)20-4-2/h6-8,11H,3-5,16H2,1-2H3,(H,17,18)/t11-/m1/s1. The van der Waals surface area contributed by atoms with E-state index in [1.807, 2.05) is 6.92 Å². The Morgan fingerprint density at radius 3 is 2.65 bits per heavy atom. The Bertz CT molecular complexity index is 491. The van der Waals surface area contributed by atoms with Gasteiger partial charge in [-0.25, -0.2) is 4.79 Å². The van der Waals surface area contributed by atoms with Crippen molar-refractivity contribution < 1.29 is 14.3 Å². The van der Waals surface area contributed by atoms with Crippen molar-refractivity contribution >= 4 is 33.5 Å². The predicted molar refractivity (Wildman–Crippen MR) is 81.6 cm³/mol. The summed E-state index contributed by atoms with van der Waals surface area (Å²) >= 11 is 3.32. The highest BCUT2D eigenvalue weighted by Gasteiger charge is 2.15. The Morgan fingerprint density at radius 2 is 2.10 bits per heavy atom. The van der Waals surface area contributed by atoms with Crippen LogP contribution in [-0.4, -0.2) is 24.5 Å². The van der Waals surface area contributed by atoms with E-state index in [-0.39, 0.29) is 5.91 Å². The monoisotopic (exact) mass is 342 g/mol. The van der Waals surface area contributed by atoms with Gasteiger partial charge in [0.15, 0.2) is 0 Å². The van der Waals surface area contributed by atoms with Gasteiger partial charge in [-0.15, -0.1) is 0 Å². The van der Waals surface area contributed by atoms with Crippen LogP contribution in [0.1, 0.15) is 37.0 Å². The van der Waals surface area contributed by atoms with Gasteiger partial charge in [0, 0.05) is 4.47 Å². The number of hydrogen-bond acceptors (Lipinski definition) is 4. The number of esters is 1. The SMILES string of the molecule is CCC[C@@H](N)C(=O)Nc1ccc(C(=O)OCC)cc1Br. The molecule has 110 valence electrons. The van der Waals surface area contributed by atoms with Crippen LogP contribution >= 0.6 is 15.9 Å². The van der Waals surface area contributed by atoms with E-state index in [0.717, 1.165) is 6.42 Å². The largest absolute Gasteiger partial charge is 0.462 e. The fraction of sp³-hybridized carbons (Fsp3) is 0.429. The Morgan fingerprint density at radius 1 is 1.40 bits per heavy atom. The molecule has 0 fully saturated rings. The number of nitrogens with one attached hydrogen (secondary N) is 1. The Kier molecular flexibility index (Phi) is 6.67. The zero-order chi connectivity index (χ0) is 15.1. The summed E-state index contributed by atoms with van der Waals surface area (Å²) in [7, 11) is 0. The minimum atomic E-state index is -0.531. The van der Waals surface area contributed by atoms with E-state index in [0.29, 0.717) is 28.8 Å². The van der Waals surface area contributed by atoms with Crippen LogP contribution in [0.3, 0.4) is 0 Å². The van der Waals surface area contributed by atoms with Gasteiger partial charge in [0.25, 0.3) is 0 Å². The molecule has 0 radical (unpaired) electrons. The molecule has 0 saturated heterocycles. The van der Waals surface area contributed by atoms with E-state index in [1.165, 1.54) is 0 Å². The van der Waals surface area contributed by atoms with Crippen LogP contribution in [-0.2, 0) is 9.53 Å². The van der Waals surface area contributed by atoms with E-state index in [2.05, 4.69) is 21.2 Å². The Labute approximate surface area is 127 Å². The van der Waals surface area contributed by atoms with Crippen molar-refractivity contribution in [1.82, 2.24) is 0 Å². The molecule has 0 aliphatic heterocycles. The molecule has 1 atom stereocenters. The van der Waals surface area contributed by atoms with E-state index in [1.54, 1.807) is 25.1 Å². The van der Waals surface area contributed by atoms with Crippen LogP contribution < -0.4 is 11.1 Å². The number of anilines is 1. The number of nitrogens with two attached hydrogens (primary N) is 1. The van der Waals surface area contributed by atoms with Crippen molar-refractivity contribution in [3.8, 4) is 0 Å². The van der Waals surface area contributed by atoms with Crippen molar-refractivity contribution in [2.24, 2.45) is 5.73 Å². The van der Waals surface area contributed by atoms with Gasteiger partial charge in [-0.3, -0.25) is 4.79 Å². The van der Waals surface area contributed by atoms with Crippen LogP contribution in [0.4, 0.5) is 5.69 Å². The molecular formula is C14H19BrN2O3. The first-order valence-corrected chi connectivity index (χ1v) is 7.32. The number of amides is 1. The van der Waals surface area contributed by atoms with Crippen LogP contribution in [0, 0.1) is 0 Å². The fourth-order valence-electron chi connectivity index (χ4n) is 1.63. The van der Waals surface area contributed by atoms with Gasteiger partial charge >= 0.3 is 5.97 Å². The van der Waals surface area contributed by atoms with Gasteiger partial charge in [-0.05, 0) is 47.5 Å². The minimum Gasteiger partial charge on any atom is -0.462 e. The Hall–Kier alpha value is -1.40. The molecule has 20 heavy (non-hydrogen) atoms. The van der Waals surface area contributed by atoms with Crippen molar-refractivity contribution in [1.29, 1.82) is 0 Å². The second-order valence-corrected chi connectivity index (χ2v) is 5.15. The topological polar surface area (TPSA) is 81.4 Å². The molecule has 5 nitrogen and oxygen atoms in total. The summed E-state index contributed by atoms with van der Waals surface area (Å²) in [5.74, 6) is -0.634. The van der Waals surface area contributed by atoms with Crippen LogP contribution in [0.25, 0.3) is 0 Å². The summed E-state index contributed by atoms with van der Waals surface area (Å²) in [6.45, 7) is 4.04. The number of carbonyl (C=O) groups is 2. The lowest BCUT2D eigenvalue weighted by molar-refractivity contribution is -0.117. The van der Waals surface area contributed by atoms with Crippen molar-refractivity contribution in [3.63, 3.8) is 0 Å². The summed E-state index contributed by atoms with van der Waals surface area (Å²) < 4.78 is 5.52. The average molecular weight is 343 g/mol. The minimum absolute atomic E-state index is 0.239. The summed E-state index contributed by atoms with van der Waals surface area (Å²) in [6, 6.07) is 4.33. The molecule has 0 aromatic heterocycles. The van der Waals surface area contributed by atoms with Crippen molar-refractivity contribution in [2.75, 3.05) is 11.9 Å². The molecule has 1 aromatic rings. The molecule has 0 aliphatic carbocycles. The van der Waals surface area contributed by atoms with E-state index in [4.69, 9.17) is 10.5 Å². The van der Waals surface area contributed by atoms with Gasteiger partial charge in [-0.2, -0.15) is 0 Å². The predicted octanol–water partition coefficient (Wildman–Crippen LogP) is 2.69. The number of ether oxygens (including phenoxy) is 1. The molecule has 1 amide bonds. The van der Waals surface area contributed by atoms with Crippen molar-refractivity contribution in [2.45, 2.75) is 32.7 Å². The number of benzene rings is 1. The second kappa shape index (κ2) is 8.01. The number of halogens is 1. The summed E-state index contributed by atoms with van der Waals surface area (Å²) in [5, 5.41) is 2.73. The maximum absolute atomic E-state index is 11.8. The highest BCUT2D eigenvalue weighted by atomic mass is 79.9. The third-order valence-electron chi connectivity index (χ3n) is 2.67. The summed E-state index contributed by atoms with van der Waals surface area (Å²) in [5.41, 5.74) is 6.75. The molecule has 0 unspecified atom stereocenters. The normalized spacial score (nSPS) is 11.8. The third kappa shape index (κ3) is 4.61. The first-order valence-electron chi connectivity index (χ1n) is 6.52. The second-order valence-electron chi connectivity index (χ2n) is 4.30. The lowest BCUT2D eigenvalue weighted by Crippen LogP contribution is -2.35. The summed E-state index contributed by atoms with van der Waals surface area (Å²) in [4.78, 5) is 23.4. The van der Waals surface area contributed by atoms with Crippen LogP contribution in [0.2, 0.25) is 0 Å². The highest BCUT2D eigenvalue weighted by Crippen LogP contribution is 2.24. The molecule has 0 saturated carbocycles. The third-order valence-corrected chi connectivity index (χ3v) is 3.33. The first kappa shape index (κ1) is 16.7. The van der Waals surface area contributed by atoms with Gasteiger partial charge < -0.3 is 15.8 Å². The number of rotatable bonds is 6. The zero-order valence-electron chi connectivity index (χ0n) is 11.6. The van der Waals surface area contributed by atoms with Crippen LogP contribution in [0.5, 0.6) is 0 Å². The average Bonchev–Trinajstić information content (AvgIpc) is 2.41. The Balaban J connectivity index is 2.78. The first-order chi connectivity index (χ1) is 9.49. The van der Waals surface area contributed by atoms with E-state index < -0.39 is 12.0 Å². The van der Waals surface area contributed by atoms with Gasteiger partial charge in [0.05, 0.1) is 23.9 Å². The van der Waals surface area contributed by atoms with Crippen LogP contribution in [0.15, 0.2) is 22.7 Å². The maximum atomic E-state index is 11.8. The summed E-state index contributed by atoms with van der Waals surface area (Å²) in [6.07, 6.45) is 1.47. The number of hydrogen-bond donors (Lipinski definition) is 2. The smallest absolute Gasteiger partial charge is 0.338 e. The quantitative estimate of drug-likeness (QED) is 0.778. The van der Waals surface area contributed by atoms with E-state index in [9.17, 15) is 9.59 Å².